The normalized spacial score (nSPS) is 40.4. The van der Waals surface area contributed by atoms with Gasteiger partial charge >= 0.3 is 0 Å². The van der Waals surface area contributed by atoms with E-state index in [1.165, 1.54) is 24.8 Å². The van der Waals surface area contributed by atoms with Gasteiger partial charge < -0.3 is 9.84 Å². The van der Waals surface area contributed by atoms with Crippen LogP contribution in [0.1, 0.15) is 62.5 Å². The van der Waals surface area contributed by atoms with Gasteiger partial charge in [0.25, 0.3) is 0 Å². The highest BCUT2D eigenvalue weighted by Crippen LogP contribution is 2.65. The highest BCUT2D eigenvalue weighted by atomic mass is 16.5. The summed E-state index contributed by atoms with van der Waals surface area (Å²) in [6.07, 6.45) is 9.53. The van der Waals surface area contributed by atoms with E-state index in [0.717, 1.165) is 37.4 Å². The molecule has 0 spiro atoms. The number of methoxy groups -OCH3 is 1. The maximum absolute atomic E-state index is 11.3. The van der Waals surface area contributed by atoms with Gasteiger partial charge in [0.15, 0.2) is 0 Å². The molecule has 0 amide bonds. The summed E-state index contributed by atoms with van der Waals surface area (Å²) in [7, 11) is 1.75. The van der Waals surface area contributed by atoms with Crippen LogP contribution in [-0.4, -0.2) is 17.8 Å². The number of rotatable bonds is 3. The Balaban J connectivity index is 1.66. The van der Waals surface area contributed by atoms with Crippen molar-refractivity contribution in [2.75, 3.05) is 7.11 Å². The highest BCUT2D eigenvalue weighted by Gasteiger charge is 2.60. The number of fused-ring (bicyclic) bond motifs is 5. The molecule has 0 aromatic heterocycles. The second-order valence-electron chi connectivity index (χ2n) is 8.50. The molecule has 3 aliphatic carbocycles. The number of ether oxygens (including phenoxy) is 1. The van der Waals surface area contributed by atoms with E-state index in [-0.39, 0.29) is 5.41 Å². The molecule has 0 saturated heterocycles. The summed E-state index contributed by atoms with van der Waals surface area (Å²) in [5.41, 5.74) is 2.56. The third kappa shape index (κ3) is 2.12. The number of aliphatic hydroxyl groups is 1. The smallest absolute Gasteiger partial charge is 0.119 e. The molecule has 1 aromatic carbocycles. The van der Waals surface area contributed by atoms with Crippen LogP contribution in [0.15, 0.2) is 30.9 Å². The van der Waals surface area contributed by atoms with Crippen LogP contribution in [-0.2, 0) is 6.42 Å². The summed E-state index contributed by atoms with van der Waals surface area (Å²) >= 11 is 0. The maximum atomic E-state index is 11.3. The highest BCUT2D eigenvalue weighted by molar-refractivity contribution is 5.40. The largest absolute Gasteiger partial charge is 0.497 e. The van der Waals surface area contributed by atoms with Crippen molar-refractivity contribution in [2.45, 2.75) is 63.4 Å². The van der Waals surface area contributed by atoms with Crippen molar-refractivity contribution in [3.8, 4) is 5.75 Å². The fourth-order valence-corrected chi connectivity index (χ4v) is 6.37. The van der Waals surface area contributed by atoms with Crippen LogP contribution in [0.5, 0.6) is 5.75 Å². The molecule has 0 bridgehead atoms. The van der Waals surface area contributed by atoms with Crippen LogP contribution < -0.4 is 4.74 Å². The zero-order valence-electron chi connectivity index (χ0n) is 15.1. The second-order valence-corrected chi connectivity index (χ2v) is 8.50. The minimum atomic E-state index is -0.537. The molecule has 24 heavy (non-hydrogen) atoms. The van der Waals surface area contributed by atoms with Gasteiger partial charge in [-0.05, 0) is 91.4 Å². The van der Waals surface area contributed by atoms with Crippen LogP contribution in [0.3, 0.4) is 0 Å². The zero-order valence-corrected chi connectivity index (χ0v) is 15.1. The van der Waals surface area contributed by atoms with E-state index in [1.54, 1.807) is 12.7 Å². The molecule has 0 radical (unpaired) electrons. The van der Waals surface area contributed by atoms with Crippen molar-refractivity contribution in [3.05, 3.63) is 42.0 Å². The van der Waals surface area contributed by atoms with E-state index >= 15 is 0 Å². The summed E-state index contributed by atoms with van der Waals surface area (Å²) in [6, 6.07) is 6.66. The van der Waals surface area contributed by atoms with Crippen LogP contribution in [0.4, 0.5) is 0 Å². The number of hydrogen-bond acceptors (Lipinski definition) is 2. The molecule has 5 atom stereocenters. The van der Waals surface area contributed by atoms with Crippen LogP contribution in [0.25, 0.3) is 0 Å². The Morgan fingerprint density at radius 1 is 1.29 bits per heavy atom. The van der Waals surface area contributed by atoms with Gasteiger partial charge in [0.2, 0.25) is 0 Å². The average molecular weight is 326 g/mol. The molecule has 130 valence electrons. The maximum Gasteiger partial charge on any atom is 0.119 e. The van der Waals surface area contributed by atoms with Gasteiger partial charge in [-0.3, -0.25) is 0 Å². The first kappa shape index (κ1) is 16.2. The summed E-state index contributed by atoms with van der Waals surface area (Å²) in [4.78, 5) is 0. The zero-order chi connectivity index (χ0) is 16.9. The third-order valence-corrected chi connectivity index (χ3v) is 7.74. The Morgan fingerprint density at radius 2 is 2.12 bits per heavy atom. The molecule has 0 heterocycles. The van der Waals surface area contributed by atoms with Gasteiger partial charge in [-0.2, -0.15) is 0 Å². The third-order valence-electron chi connectivity index (χ3n) is 7.74. The average Bonchev–Trinajstić information content (AvgIpc) is 2.86. The van der Waals surface area contributed by atoms with Gasteiger partial charge in [-0.15, -0.1) is 6.58 Å². The van der Waals surface area contributed by atoms with E-state index in [2.05, 4.69) is 31.7 Å². The summed E-state index contributed by atoms with van der Waals surface area (Å²) in [5, 5.41) is 11.3. The summed E-state index contributed by atoms with van der Waals surface area (Å²) in [5.74, 6) is 3.03. The Labute approximate surface area is 145 Å². The standard InChI is InChI=1S/C22H30O2/c1-4-11-22(23)13-10-20-19-7-5-15-14-16(24-3)6-8-17(15)18(19)9-12-21(20,22)2/h4,6,8,14,18-20,23H,1,5,7,9-13H2,2-3H3/t18-,19-,20+,21-,22-/m1/s1. The molecule has 0 aliphatic heterocycles. The molecule has 1 N–H and O–H groups in total. The van der Waals surface area contributed by atoms with E-state index in [4.69, 9.17) is 4.74 Å². The van der Waals surface area contributed by atoms with Crippen molar-refractivity contribution in [3.63, 3.8) is 0 Å². The number of aryl methyl sites for hydroxylation is 1. The van der Waals surface area contributed by atoms with Gasteiger partial charge in [0.05, 0.1) is 12.7 Å². The number of benzene rings is 1. The van der Waals surface area contributed by atoms with Gasteiger partial charge in [0, 0.05) is 0 Å². The van der Waals surface area contributed by atoms with Crippen molar-refractivity contribution in [1.29, 1.82) is 0 Å². The Morgan fingerprint density at radius 3 is 2.88 bits per heavy atom. The van der Waals surface area contributed by atoms with Gasteiger partial charge in [0.1, 0.15) is 5.75 Å². The lowest BCUT2D eigenvalue weighted by atomic mass is 9.53. The first-order chi connectivity index (χ1) is 11.5. The summed E-state index contributed by atoms with van der Waals surface area (Å²) < 4.78 is 5.41. The Bertz CT molecular complexity index is 651. The predicted octanol–water partition coefficient (Wildman–Crippen LogP) is 4.86. The molecule has 1 aromatic rings. The van der Waals surface area contributed by atoms with E-state index in [9.17, 15) is 5.11 Å². The number of hydrogen-bond donors (Lipinski definition) is 1. The van der Waals surface area contributed by atoms with E-state index < -0.39 is 5.60 Å². The van der Waals surface area contributed by atoms with Crippen LogP contribution >= 0.6 is 0 Å². The molecular weight excluding hydrogens is 296 g/mol. The van der Waals surface area contributed by atoms with Crippen molar-refractivity contribution >= 4 is 0 Å². The molecule has 4 rings (SSSR count). The summed E-state index contributed by atoms with van der Waals surface area (Å²) in [6.45, 7) is 6.25. The Hall–Kier alpha value is -1.28. The molecule has 0 unspecified atom stereocenters. The van der Waals surface area contributed by atoms with Crippen LogP contribution in [0, 0.1) is 17.3 Å². The van der Waals surface area contributed by atoms with Crippen molar-refractivity contribution in [1.82, 2.24) is 0 Å². The molecule has 2 nitrogen and oxygen atoms in total. The van der Waals surface area contributed by atoms with E-state index in [1.807, 2.05) is 6.08 Å². The lowest BCUT2D eigenvalue weighted by Crippen LogP contribution is -2.50. The minimum Gasteiger partial charge on any atom is -0.497 e. The second kappa shape index (κ2) is 5.62. The first-order valence-electron chi connectivity index (χ1n) is 9.52. The van der Waals surface area contributed by atoms with Gasteiger partial charge in [-0.1, -0.05) is 19.1 Å². The van der Waals surface area contributed by atoms with Crippen molar-refractivity contribution < 1.29 is 9.84 Å². The minimum absolute atomic E-state index is 0.0618. The quantitative estimate of drug-likeness (QED) is 0.804. The molecular formula is C22H30O2. The van der Waals surface area contributed by atoms with Crippen molar-refractivity contribution in [2.24, 2.45) is 17.3 Å². The molecule has 2 heteroatoms. The fraction of sp³-hybridized carbons (Fsp3) is 0.636. The molecule has 3 aliphatic rings. The lowest BCUT2D eigenvalue weighted by Gasteiger charge is -2.53. The molecule has 2 saturated carbocycles. The molecule has 2 fully saturated rings. The Kier molecular flexibility index (Phi) is 3.80. The SMILES string of the molecule is C=CC[C@@]1(O)CC[C@H]2[C@@H]3CCc4cc(OC)ccc4[C@H]3CC[C@]21C. The lowest BCUT2D eigenvalue weighted by molar-refractivity contribution is -0.100. The fourth-order valence-electron chi connectivity index (χ4n) is 6.37. The monoisotopic (exact) mass is 326 g/mol. The predicted molar refractivity (Wildman–Crippen MR) is 97.4 cm³/mol. The van der Waals surface area contributed by atoms with Gasteiger partial charge in [-0.25, -0.2) is 0 Å². The van der Waals surface area contributed by atoms with E-state index in [0.29, 0.717) is 11.8 Å². The first-order valence-corrected chi connectivity index (χ1v) is 9.52. The van der Waals surface area contributed by atoms with Crippen LogP contribution in [0.2, 0.25) is 0 Å². The topological polar surface area (TPSA) is 29.5 Å².